The molecule has 2 aliphatic heterocycles. The van der Waals surface area contributed by atoms with Gasteiger partial charge in [-0.1, -0.05) is 6.92 Å². The van der Waals surface area contributed by atoms with E-state index in [1.165, 1.54) is 19.5 Å². The second kappa shape index (κ2) is 2.46. The normalized spacial score (nSPS) is 37.1. The summed E-state index contributed by atoms with van der Waals surface area (Å²) in [7, 11) is 2.21. The predicted molar refractivity (Wildman–Crippen MR) is 44.5 cm³/mol. The second-order valence-corrected chi connectivity index (χ2v) is 4.39. The Hall–Kier alpha value is -0.0800. The molecule has 2 nitrogen and oxygen atoms in total. The molecule has 2 saturated heterocycles. The number of hydrogen-bond donors (Lipinski definition) is 0. The van der Waals surface area contributed by atoms with E-state index in [4.69, 9.17) is 4.74 Å². The van der Waals surface area contributed by atoms with Crippen LogP contribution >= 0.6 is 0 Å². The van der Waals surface area contributed by atoms with Crippen molar-refractivity contribution in [3.8, 4) is 0 Å². The van der Waals surface area contributed by atoms with Crippen LogP contribution in [-0.4, -0.2) is 38.3 Å². The van der Waals surface area contributed by atoms with Crippen molar-refractivity contribution in [2.75, 3.05) is 33.4 Å². The van der Waals surface area contributed by atoms with E-state index in [9.17, 15) is 0 Å². The first-order valence-corrected chi connectivity index (χ1v) is 4.47. The summed E-state index contributed by atoms with van der Waals surface area (Å²) >= 11 is 0. The first-order chi connectivity index (χ1) is 5.21. The van der Waals surface area contributed by atoms with E-state index < -0.39 is 0 Å². The van der Waals surface area contributed by atoms with Gasteiger partial charge >= 0.3 is 0 Å². The minimum Gasteiger partial charge on any atom is -0.380 e. The summed E-state index contributed by atoms with van der Waals surface area (Å²) in [5.41, 5.74) is 0.519. The van der Waals surface area contributed by atoms with E-state index in [1.54, 1.807) is 0 Å². The van der Waals surface area contributed by atoms with Crippen molar-refractivity contribution in [2.45, 2.75) is 13.3 Å². The fraction of sp³-hybridized carbons (Fsp3) is 1.00. The Morgan fingerprint density at radius 3 is 2.55 bits per heavy atom. The van der Waals surface area contributed by atoms with Crippen molar-refractivity contribution < 1.29 is 4.74 Å². The van der Waals surface area contributed by atoms with Gasteiger partial charge in [0.05, 0.1) is 13.2 Å². The third kappa shape index (κ3) is 1.18. The molecule has 0 saturated carbocycles. The molecule has 0 aromatic rings. The number of hydrogen-bond acceptors (Lipinski definition) is 2. The highest BCUT2D eigenvalue weighted by Crippen LogP contribution is 2.39. The first-order valence-electron chi connectivity index (χ1n) is 4.47. The highest BCUT2D eigenvalue weighted by Gasteiger charge is 2.43. The molecular weight excluding hydrogens is 138 g/mol. The van der Waals surface area contributed by atoms with Crippen LogP contribution in [0, 0.1) is 11.3 Å². The molecule has 0 amide bonds. The predicted octanol–water partition coefficient (Wildman–Crippen LogP) is 0.975. The highest BCUT2D eigenvalue weighted by atomic mass is 16.5. The van der Waals surface area contributed by atoms with Crippen LogP contribution in [0.15, 0.2) is 0 Å². The average molecular weight is 155 g/mol. The van der Waals surface area contributed by atoms with Crippen molar-refractivity contribution in [1.82, 2.24) is 4.90 Å². The smallest absolute Gasteiger partial charge is 0.0545 e. The Morgan fingerprint density at radius 2 is 2.18 bits per heavy atom. The Bertz CT molecular complexity index is 154. The fourth-order valence-electron chi connectivity index (χ4n) is 2.16. The third-order valence-electron chi connectivity index (χ3n) is 3.24. The maximum Gasteiger partial charge on any atom is 0.0545 e. The van der Waals surface area contributed by atoms with Crippen LogP contribution in [-0.2, 0) is 4.74 Å². The standard InChI is InChI=1S/C9H17NO/c1-9(6-11-7-9)8-3-4-10(2)5-8/h8H,3-7H2,1-2H3. The van der Waals surface area contributed by atoms with Crippen molar-refractivity contribution >= 4 is 0 Å². The van der Waals surface area contributed by atoms with Crippen molar-refractivity contribution in [3.63, 3.8) is 0 Å². The summed E-state index contributed by atoms with van der Waals surface area (Å²) in [5.74, 6) is 0.890. The molecule has 2 rings (SSSR count). The highest BCUT2D eigenvalue weighted by molar-refractivity contribution is 4.92. The largest absolute Gasteiger partial charge is 0.380 e. The zero-order valence-electron chi connectivity index (χ0n) is 7.47. The summed E-state index contributed by atoms with van der Waals surface area (Å²) in [5, 5.41) is 0. The Balaban J connectivity index is 1.95. The lowest BCUT2D eigenvalue weighted by Crippen LogP contribution is -2.46. The summed E-state index contributed by atoms with van der Waals surface area (Å²) in [4.78, 5) is 2.42. The van der Waals surface area contributed by atoms with Gasteiger partial charge in [0.25, 0.3) is 0 Å². The van der Waals surface area contributed by atoms with Gasteiger partial charge in [-0.3, -0.25) is 0 Å². The lowest BCUT2D eigenvalue weighted by atomic mass is 9.75. The van der Waals surface area contributed by atoms with Crippen molar-refractivity contribution in [3.05, 3.63) is 0 Å². The van der Waals surface area contributed by atoms with Gasteiger partial charge in [-0.2, -0.15) is 0 Å². The molecule has 0 bridgehead atoms. The van der Waals surface area contributed by atoms with Crippen molar-refractivity contribution in [2.24, 2.45) is 11.3 Å². The molecule has 2 aliphatic rings. The van der Waals surface area contributed by atoms with Gasteiger partial charge in [0, 0.05) is 12.0 Å². The Kier molecular flexibility index (Phi) is 1.69. The Labute approximate surface area is 68.5 Å². The SMILES string of the molecule is CN1CCC(C2(C)COC2)C1. The molecule has 0 radical (unpaired) electrons. The van der Waals surface area contributed by atoms with Crippen LogP contribution in [0.4, 0.5) is 0 Å². The molecule has 0 aromatic heterocycles. The minimum atomic E-state index is 0.519. The maximum absolute atomic E-state index is 5.27. The third-order valence-corrected chi connectivity index (χ3v) is 3.24. The molecule has 0 spiro atoms. The molecule has 11 heavy (non-hydrogen) atoms. The Morgan fingerprint density at radius 1 is 1.45 bits per heavy atom. The fourth-order valence-corrected chi connectivity index (χ4v) is 2.16. The zero-order valence-corrected chi connectivity index (χ0v) is 7.47. The summed E-state index contributed by atoms with van der Waals surface area (Å²) in [6.45, 7) is 6.90. The lowest BCUT2D eigenvalue weighted by Gasteiger charge is -2.43. The molecule has 64 valence electrons. The molecule has 2 heteroatoms. The van der Waals surface area contributed by atoms with Crippen LogP contribution in [0.3, 0.4) is 0 Å². The molecule has 0 N–H and O–H groups in total. The van der Waals surface area contributed by atoms with E-state index in [0.717, 1.165) is 19.1 Å². The van der Waals surface area contributed by atoms with E-state index in [-0.39, 0.29) is 0 Å². The number of nitrogens with zero attached hydrogens (tertiary/aromatic N) is 1. The van der Waals surface area contributed by atoms with Crippen LogP contribution in [0.1, 0.15) is 13.3 Å². The van der Waals surface area contributed by atoms with Gasteiger partial charge in [-0.25, -0.2) is 0 Å². The molecule has 0 aromatic carbocycles. The lowest BCUT2D eigenvalue weighted by molar-refractivity contribution is -0.131. The second-order valence-electron chi connectivity index (χ2n) is 4.39. The van der Waals surface area contributed by atoms with E-state index in [0.29, 0.717) is 5.41 Å². The molecule has 0 aliphatic carbocycles. The monoisotopic (exact) mass is 155 g/mol. The van der Waals surface area contributed by atoms with Crippen LogP contribution in [0.25, 0.3) is 0 Å². The van der Waals surface area contributed by atoms with Gasteiger partial charge in [0.2, 0.25) is 0 Å². The zero-order chi connectivity index (χ0) is 7.90. The van der Waals surface area contributed by atoms with Crippen LogP contribution < -0.4 is 0 Å². The number of ether oxygens (including phenoxy) is 1. The quantitative estimate of drug-likeness (QED) is 0.559. The van der Waals surface area contributed by atoms with Gasteiger partial charge in [0.1, 0.15) is 0 Å². The van der Waals surface area contributed by atoms with Gasteiger partial charge in [-0.05, 0) is 25.9 Å². The maximum atomic E-state index is 5.27. The van der Waals surface area contributed by atoms with Crippen LogP contribution in [0.2, 0.25) is 0 Å². The molecule has 2 heterocycles. The van der Waals surface area contributed by atoms with Gasteiger partial charge in [-0.15, -0.1) is 0 Å². The van der Waals surface area contributed by atoms with E-state index in [1.807, 2.05) is 0 Å². The minimum absolute atomic E-state index is 0.519. The van der Waals surface area contributed by atoms with Crippen LogP contribution in [0.5, 0.6) is 0 Å². The summed E-state index contributed by atoms with van der Waals surface area (Å²) in [6.07, 6.45) is 1.37. The van der Waals surface area contributed by atoms with E-state index >= 15 is 0 Å². The molecule has 1 unspecified atom stereocenters. The number of rotatable bonds is 1. The van der Waals surface area contributed by atoms with Gasteiger partial charge < -0.3 is 9.64 Å². The molecule has 2 fully saturated rings. The average Bonchev–Trinajstić information content (AvgIpc) is 2.31. The molecule has 1 atom stereocenters. The van der Waals surface area contributed by atoms with Crippen molar-refractivity contribution in [1.29, 1.82) is 0 Å². The number of likely N-dealkylation sites (tertiary alicyclic amines) is 1. The topological polar surface area (TPSA) is 12.5 Å². The molecular formula is C9H17NO. The van der Waals surface area contributed by atoms with E-state index in [2.05, 4.69) is 18.9 Å². The summed E-state index contributed by atoms with van der Waals surface area (Å²) < 4.78 is 5.27. The summed E-state index contributed by atoms with van der Waals surface area (Å²) in [6, 6.07) is 0. The first kappa shape index (κ1) is 7.56. The van der Waals surface area contributed by atoms with Gasteiger partial charge in [0.15, 0.2) is 0 Å².